The van der Waals surface area contributed by atoms with Crippen molar-refractivity contribution in [2.24, 2.45) is 10.8 Å². The molecule has 5 rings (SSSR count). The lowest BCUT2D eigenvalue weighted by Gasteiger charge is -2.16. The number of hydrogen-bond acceptors (Lipinski definition) is 4. The van der Waals surface area contributed by atoms with E-state index in [1.165, 1.54) is 0 Å². The predicted molar refractivity (Wildman–Crippen MR) is 159 cm³/mol. The fourth-order valence-corrected chi connectivity index (χ4v) is 4.39. The highest BCUT2D eigenvalue weighted by atomic mass is 16.2. The van der Waals surface area contributed by atoms with Crippen molar-refractivity contribution < 1.29 is 9.59 Å². The van der Waals surface area contributed by atoms with Gasteiger partial charge in [0.25, 0.3) is 0 Å². The SMILES string of the molecule is CC(C)(C)C(=O)NCc1ncc(-c2ccc3cc4cc(-c5cnc(CNC(=O)C(C)(C)C)[nH]5)ccc4cc3c2)[nH]1. The van der Waals surface area contributed by atoms with Crippen LogP contribution >= 0.6 is 0 Å². The number of hydrogen-bond donors (Lipinski definition) is 4. The number of benzene rings is 3. The largest absolute Gasteiger partial charge is 0.348 e. The standard InChI is InChI=1S/C32H36N6O2/c1-31(2,3)29(39)35-17-27-33-15-25(37-27)21-9-7-19-12-24-14-22(10-8-20(24)11-23(19)13-21)26-16-34-28(38-26)18-36-30(40)32(4,5)6/h7-16H,17-18H2,1-6H3,(H,33,37)(H,34,38)(H,35,39)(H,36,40). The zero-order valence-corrected chi connectivity index (χ0v) is 23.9. The molecule has 2 aromatic heterocycles. The van der Waals surface area contributed by atoms with Gasteiger partial charge in [-0.1, -0.05) is 65.8 Å². The Morgan fingerprint density at radius 2 is 1.02 bits per heavy atom. The van der Waals surface area contributed by atoms with Gasteiger partial charge >= 0.3 is 0 Å². The molecule has 8 nitrogen and oxygen atoms in total. The molecule has 8 heteroatoms. The Bertz CT molecular complexity index is 1590. The first-order chi connectivity index (χ1) is 18.9. The van der Waals surface area contributed by atoms with E-state index < -0.39 is 10.8 Å². The normalized spacial score (nSPS) is 12.2. The lowest BCUT2D eigenvalue weighted by atomic mass is 9.96. The van der Waals surface area contributed by atoms with Crippen molar-refractivity contribution in [2.75, 3.05) is 0 Å². The molecule has 0 atom stereocenters. The Morgan fingerprint density at radius 1 is 0.625 bits per heavy atom. The number of amides is 2. The minimum absolute atomic E-state index is 0.0104. The van der Waals surface area contributed by atoms with Gasteiger partial charge < -0.3 is 20.6 Å². The molecule has 0 unspecified atom stereocenters. The van der Waals surface area contributed by atoms with Crippen molar-refractivity contribution in [2.45, 2.75) is 54.6 Å². The number of carbonyl (C=O) groups excluding carboxylic acids is 2. The van der Waals surface area contributed by atoms with Crippen LogP contribution in [0.15, 0.2) is 60.9 Å². The van der Waals surface area contributed by atoms with Crippen LogP contribution < -0.4 is 10.6 Å². The monoisotopic (exact) mass is 536 g/mol. The zero-order valence-electron chi connectivity index (χ0n) is 23.9. The van der Waals surface area contributed by atoms with E-state index in [4.69, 9.17) is 0 Å². The van der Waals surface area contributed by atoms with E-state index in [-0.39, 0.29) is 11.8 Å². The van der Waals surface area contributed by atoms with E-state index in [9.17, 15) is 9.59 Å². The summed E-state index contributed by atoms with van der Waals surface area (Å²) in [4.78, 5) is 39.9. The Labute approximate surface area is 234 Å². The van der Waals surface area contributed by atoms with E-state index in [1.807, 2.05) is 41.5 Å². The summed E-state index contributed by atoms with van der Waals surface area (Å²) in [7, 11) is 0. The highest BCUT2D eigenvalue weighted by Gasteiger charge is 2.22. The Morgan fingerprint density at radius 3 is 1.40 bits per heavy atom. The summed E-state index contributed by atoms with van der Waals surface area (Å²) < 4.78 is 0. The van der Waals surface area contributed by atoms with Crippen molar-refractivity contribution in [1.29, 1.82) is 0 Å². The van der Waals surface area contributed by atoms with Crippen molar-refractivity contribution >= 4 is 33.4 Å². The van der Waals surface area contributed by atoms with Crippen molar-refractivity contribution in [3.8, 4) is 22.5 Å². The van der Waals surface area contributed by atoms with Gasteiger partial charge in [0.05, 0.1) is 36.9 Å². The topological polar surface area (TPSA) is 116 Å². The number of carbonyl (C=O) groups is 2. The molecule has 2 heterocycles. The van der Waals surface area contributed by atoms with Gasteiger partial charge in [-0.2, -0.15) is 0 Å². The van der Waals surface area contributed by atoms with Gasteiger partial charge in [-0.15, -0.1) is 0 Å². The molecular formula is C32H36N6O2. The Balaban J connectivity index is 1.33. The van der Waals surface area contributed by atoms with Gasteiger partial charge in [-0.25, -0.2) is 9.97 Å². The molecule has 5 aromatic rings. The third-order valence-electron chi connectivity index (χ3n) is 6.87. The summed E-state index contributed by atoms with van der Waals surface area (Å²) in [6, 6.07) is 17.1. The highest BCUT2D eigenvalue weighted by Crippen LogP contribution is 2.30. The number of aromatic nitrogens is 4. The molecule has 40 heavy (non-hydrogen) atoms. The molecule has 3 aromatic carbocycles. The molecule has 0 fully saturated rings. The average Bonchev–Trinajstić information content (AvgIpc) is 3.57. The maximum Gasteiger partial charge on any atom is 0.225 e. The number of imidazole rings is 2. The first-order valence-electron chi connectivity index (χ1n) is 13.5. The number of rotatable bonds is 6. The molecule has 0 aliphatic heterocycles. The van der Waals surface area contributed by atoms with Crippen LogP contribution in [0.1, 0.15) is 53.2 Å². The average molecular weight is 537 g/mol. The van der Waals surface area contributed by atoms with Crippen LogP contribution in [0.5, 0.6) is 0 Å². The Hall–Kier alpha value is -4.46. The fraction of sp³-hybridized carbons (Fsp3) is 0.312. The Kier molecular flexibility index (Phi) is 6.96. The summed E-state index contributed by atoms with van der Waals surface area (Å²) in [5.74, 6) is 1.42. The molecule has 206 valence electrons. The molecule has 0 bridgehead atoms. The molecule has 0 aliphatic carbocycles. The maximum absolute atomic E-state index is 12.2. The number of H-pyrrole nitrogens is 2. The van der Waals surface area contributed by atoms with Crippen molar-refractivity contribution in [1.82, 2.24) is 30.6 Å². The second-order valence-corrected chi connectivity index (χ2v) is 12.3. The van der Waals surface area contributed by atoms with Crippen LogP contribution in [0.4, 0.5) is 0 Å². The zero-order chi connectivity index (χ0) is 28.7. The summed E-state index contributed by atoms with van der Waals surface area (Å²) in [6.07, 6.45) is 3.61. The van der Waals surface area contributed by atoms with E-state index in [2.05, 4.69) is 79.1 Å². The van der Waals surface area contributed by atoms with Gasteiger partial charge in [-0.3, -0.25) is 9.59 Å². The second-order valence-electron chi connectivity index (χ2n) is 12.3. The van der Waals surface area contributed by atoms with Crippen molar-refractivity contribution in [3.63, 3.8) is 0 Å². The maximum atomic E-state index is 12.2. The minimum atomic E-state index is -0.441. The molecule has 0 saturated carbocycles. The molecule has 0 saturated heterocycles. The van der Waals surface area contributed by atoms with Crippen LogP contribution in [0.2, 0.25) is 0 Å². The van der Waals surface area contributed by atoms with Crippen molar-refractivity contribution in [3.05, 3.63) is 72.6 Å². The third-order valence-corrected chi connectivity index (χ3v) is 6.87. The minimum Gasteiger partial charge on any atom is -0.348 e. The van der Waals surface area contributed by atoms with Gasteiger partial charge in [-0.05, 0) is 45.8 Å². The van der Waals surface area contributed by atoms with Gasteiger partial charge in [0, 0.05) is 22.0 Å². The molecule has 0 aliphatic rings. The van der Waals surface area contributed by atoms with Crippen LogP contribution in [-0.2, 0) is 22.7 Å². The molecular weight excluding hydrogens is 500 g/mol. The number of aromatic amines is 2. The van der Waals surface area contributed by atoms with Crippen LogP contribution in [0.3, 0.4) is 0 Å². The van der Waals surface area contributed by atoms with Gasteiger partial charge in [0.15, 0.2) is 0 Å². The number of fused-ring (bicyclic) bond motifs is 2. The summed E-state index contributed by atoms with van der Waals surface area (Å²) in [5, 5.41) is 10.4. The molecule has 4 N–H and O–H groups in total. The fourth-order valence-electron chi connectivity index (χ4n) is 4.39. The van der Waals surface area contributed by atoms with E-state index in [0.717, 1.165) is 55.7 Å². The molecule has 0 spiro atoms. The smallest absolute Gasteiger partial charge is 0.225 e. The van der Waals surface area contributed by atoms with Crippen LogP contribution in [0, 0.1) is 10.8 Å². The highest BCUT2D eigenvalue weighted by molar-refractivity contribution is 6.00. The van der Waals surface area contributed by atoms with E-state index in [0.29, 0.717) is 13.1 Å². The quantitative estimate of drug-likeness (QED) is 0.196. The summed E-state index contributed by atoms with van der Waals surface area (Å²) in [6.45, 7) is 12.1. The third kappa shape index (κ3) is 5.91. The van der Waals surface area contributed by atoms with E-state index in [1.54, 1.807) is 12.4 Å². The van der Waals surface area contributed by atoms with Crippen LogP contribution in [0.25, 0.3) is 44.1 Å². The number of nitrogens with one attached hydrogen (secondary N) is 4. The lowest BCUT2D eigenvalue weighted by molar-refractivity contribution is -0.129. The molecule has 2 amide bonds. The van der Waals surface area contributed by atoms with E-state index >= 15 is 0 Å². The summed E-state index contributed by atoms with van der Waals surface area (Å²) >= 11 is 0. The van der Waals surface area contributed by atoms with Gasteiger partial charge in [0.2, 0.25) is 11.8 Å². The lowest BCUT2D eigenvalue weighted by Crippen LogP contribution is -2.34. The second kappa shape index (κ2) is 10.3. The predicted octanol–water partition coefficient (Wildman–Crippen LogP) is 6.10. The molecule has 0 radical (unpaired) electrons. The first kappa shape index (κ1) is 27.1. The summed E-state index contributed by atoms with van der Waals surface area (Å²) in [5.41, 5.74) is 3.01. The number of nitrogens with zero attached hydrogens (tertiary/aromatic N) is 2. The van der Waals surface area contributed by atoms with Gasteiger partial charge in [0.1, 0.15) is 11.6 Å². The van der Waals surface area contributed by atoms with Crippen LogP contribution in [-0.4, -0.2) is 31.8 Å². The first-order valence-corrected chi connectivity index (χ1v) is 13.5.